The van der Waals surface area contributed by atoms with Crippen molar-refractivity contribution in [3.63, 3.8) is 0 Å². The molecule has 0 bridgehead atoms. The molecule has 0 aliphatic rings. The van der Waals surface area contributed by atoms with Crippen molar-refractivity contribution in [2.24, 2.45) is 0 Å². The van der Waals surface area contributed by atoms with Gasteiger partial charge in [-0.1, -0.05) is 18.2 Å². The molecular formula is C15H15N3O5. The first kappa shape index (κ1) is 16.2. The average molecular weight is 317 g/mol. The van der Waals surface area contributed by atoms with Crippen molar-refractivity contribution >= 4 is 17.5 Å². The number of carbonyl (C=O) groups is 2. The van der Waals surface area contributed by atoms with E-state index in [-0.39, 0.29) is 24.7 Å². The number of para-hydroxylation sites is 1. The number of carbonyl (C=O) groups excluding carboxylic acids is 2. The van der Waals surface area contributed by atoms with E-state index in [0.717, 1.165) is 0 Å². The third-order valence-electron chi connectivity index (χ3n) is 3.21. The Morgan fingerprint density at radius 3 is 2.70 bits per heavy atom. The van der Waals surface area contributed by atoms with Gasteiger partial charge >= 0.3 is 0 Å². The monoisotopic (exact) mass is 317 g/mol. The van der Waals surface area contributed by atoms with Crippen LogP contribution in [0.15, 0.2) is 47.3 Å². The van der Waals surface area contributed by atoms with Gasteiger partial charge in [-0.05, 0) is 6.07 Å². The molecular weight excluding hydrogens is 302 g/mol. The lowest BCUT2D eigenvalue weighted by molar-refractivity contribution is -0.385. The van der Waals surface area contributed by atoms with Gasteiger partial charge < -0.3 is 14.6 Å². The fourth-order valence-corrected chi connectivity index (χ4v) is 1.95. The molecule has 23 heavy (non-hydrogen) atoms. The number of rotatable bonds is 6. The lowest BCUT2D eigenvalue weighted by atomic mass is 10.1. The predicted molar refractivity (Wildman–Crippen MR) is 80.6 cm³/mol. The molecule has 2 aromatic rings. The number of benzene rings is 1. The van der Waals surface area contributed by atoms with E-state index in [4.69, 9.17) is 4.42 Å². The van der Waals surface area contributed by atoms with Gasteiger partial charge in [-0.3, -0.25) is 19.7 Å². The van der Waals surface area contributed by atoms with E-state index in [2.05, 4.69) is 5.32 Å². The number of nitrogens with one attached hydrogen (secondary N) is 1. The third-order valence-corrected chi connectivity index (χ3v) is 3.21. The number of furan rings is 1. The Kier molecular flexibility index (Phi) is 5.08. The van der Waals surface area contributed by atoms with Crippen molar-refractivity contribution in [2.75, 3.05) is 13.6 Å². The number of nitro groups is 1. The van der Waals surface area contributed by atoms with Crippen LogP contribution in [0.5, 0.6) is 0 Å². The second-order valence-corrected chi connectivity index (χ2v) is 4.83. The van der Waals surface area contributed by atoms with Crippen LogP contribution in [0.1, 0.15) is 15.9 Å². The van der Waals surface area contributed by atoms with Crippen molar-refractivity contribution < 1.29 is 18.9 Å². The summed E-state index contributed by atoms with van der Waals surface area (Å²) in [5, 5.41) is 13.4. The molecule has 1 aromatic carbocycles. The second-order valence-electron chi connectivity index (χ2n) is 4.83. The standard InChI is InChI=1S/C15H15N3O5/c1-17(9-11-4-2-3-5-13(11)18(21)22)14(19)8-16-15(20)12-6-7-23-10-12/h2-7,10H,8-9H2,1H3,(H,16,20). The highest BCUT2D eigenvalue weighted by atomic mass is 16.6. The number of hydrogen-bond donors (Lipinski definition) is 1. The van der Waals surface area contributed by atoms with E-state index in [1.54, 1.807) is 18.2 Å². The molecule has 0 spiro atoms. The minimum atomic E-state index is -0.492. The highest BCUT2D eigenvalue weighted by molar-refractivity contribution is 5.96. The molecule has 1 N–H and O–H groups in total. The first-order chi connectivity index (χ1) is 11.0. The SMILES string of the molecule is CN(Cc1ccccc1[N+](=O)[O-])C(=O)CNC(=O)c1ccoc1. The molecule has 1 aromatic heterocycles. The van der Waals surface area contributed by atoms with Crippen LogP contribution in [0.25, 0.3) is 0 Å². The Bertz CT molecular complexity index is 712. The molecule has 2 rings (SSSR count). The summed E-state index contributed by atoms with van der Waals surface area (Å²) < 4.78 is 4.78. The van der Waals surface area contributed by atoms with Crippen LogP contribution in [0.2, 0.25) is 0 Å². The van der Waals surface area contributed by atoms with Gasteiger partial charge in [0.25, 0.3) is 11.6 Å². The average Bonchev–Trinajstić information content (AvgIpc) is 3.07. The van der Waals surface area contributed by atoms with Gasteiger partial charge in [-0.15, -0.1) is 0 Å². The van der Waals surface area contributed by atoms with Crippen LogP contribution >= 0.6 is 0 Å². The second kappa shape index (κ2) is 7.21. The first-order valence-corrected chi connectivity index (χ1v) is 6.75. The van der Waals surface area contributed by atoms with E-state index >= 15 is 0 Å². The Morgan fingerprint density at radius 1 is 1.30 bits per heavy atom. The van der Waals surface area contributed by atoms with Gasteiger partial charge in [0.1, 0.15) is 6.26 Å². The summed E-state index contributed by atoms with van der Waals surface area (Å²) >= 11 is 0. The maximum absolute atomic E-state index is 12.0. The number of nitro benzene ring substituents is 1. The summed E-state index contributed by atoms with van der Waals surface area (Å²) in [6.45, 7) is -0.126. The van der Waals surface area contributed by atoms with Gasteiger partial charge in [0, 0.05) is 18.7 Å². The Morgan fingerprint density at radius 2 is 2.04 bits per heavy atom. The molecule has 0 unspecified atom stereocenters. The van der Waals surface area contributed by atoms with Gasteiger partial charge in [0.2, 0.25) is 5.91 Å². The van der Waals surface area contributed by atoms with Gasteiger partial charge in [-0.25, -0.2) is 0 Å². The molecule has 8 nitrogen and oxygen atoms in total. The number of amides is 2. The van der Waals surface area contributed by atoms with E-state index in [9.17, 15) is 19.7 Å². The Balaban J connectivity index is 1.93. The summed E-state index contributed by atoms with van der Waals surface area (Å²) in [5.74, 6) is -0.786. The molecule has 1 heterocycles. The quantitative estimate of drug-likeness (QED) is 0.643. The van der Waals surface area contributed by atoms with E-state index in [0.29, 0.717) is 11.1 Å². The van der Waals surface area contributed by atoms with Crippen molar-refractivity contribution in [3.8, 4) is 0 Å². The highest BCUT2D eigenvalue weighted by Gasteiger charge is 2.17. The van der Waals surface area contributed by atoms with Crippen LogP contribution in [-0.4, -0.2) is 35.2 Å². The van der Waals surface area contributed by atoms with Crippen LogP contribution < -0.4 is 5.32 Å². The fourth-order valence-electron chi connectivity index (χ4n) is 1.95. The van der Waals surface area contributed by atoms with Crippen molar-refractivity contribution in [3.05, 3.63) is 64.1 Å². The molecule has 0 radical (unpaired) electrons. The van der Waals surface area contributed by atoms with Gasteiger partial charge in [0.15, 0.2) is 0 Å². The first-order valence-electron chi connectivity index (χ1n) is 6.75. The summed E-state index contributed by atoms with van der Waals surface area (Å²) in [6.07, 6.45) is 2.63. The maximum Gasteiger partial charge on any atom is 0.274 e. The lowest BCUT2D eigenvalue weighted by Crippen LogP contribution is -2.37. The zero-order valence-corrected chi connectivity index (χ0v) is 12.4. The molecule has 0 saturated carbocycles. The minimum Gasteiger partial charge on any atom is -0.472 e. The zero-order chi connectivity index (χ0) is 16.8. The minimum absolute atomic E-state index is 0.0467. The van der Waals surface area contributed by atoms with Crippen LogP contribution in [0, 0.1) is 10.1 Å². The highest BCUT2D eigenvalue weighted by Crippen LogP contribution is 2.18. The Labute approximate surface area is 131 Å². The topological polar surface area (TPSA) is 106 Å². The molecule has 2 amide bonds. The largest absolute Gasteiger partial charge is 0.472 e. The molecule has 8 heteroatoms. The molecule has 0 fully saturated rings. The summed E-state index contributed by atoms with van der Waals surface area (Å²) in [7, 11) is 1.52. The summed E-state index contributed by atoms with van der Waals surface area (Å²) in [4.78, 5) is 35.5. The molecule has 0 aliphatic carbocycles. The lowest BCUT2D eigenvalue weighted by Gasteiger charge is -2.17. The van der Waals surface area contributed by atoms with Gasteiger partial charge in [-0.2, -0.15) is 0 Å². The number of hydrogen-bond acceptors (Lipinski definition) is 5. The van der Waals surface area contributed by atoms with Crippen LogP contribution in [0.4, 0.5) is 5.69 Å². The summed E-state index contributed by atoms with van der Waals surface area (Å²) in [6, 6.07) is 7.69. The van der Waals surface area contributed by atoms with Crippen molar-refractivity contribution in [1.29, 1.82) is 0 Å². The molecule has 0 atom stereocenters. The van der Waals surface area contributed by atoms with Crippen molar-refractivity contribution in [2.45, 2.75) is 6.54 Å². The predicted octanol–water partition coefficient (Wildman–Crippen LogP) is 1.58. The fraction of sp³-hybridized carbons (Fsp3) is 0.200. The maximum atomic E-state index is 12.0. The third kappa shape index (κ3) is 4.16. The van der Waals surface area contributed by atoms with Gasteiger partial charge in [0.05, 0.1) is 29.8 Å². The van der Waals surface area contributed by atoms with E-state index < -0.39 is 10.8 Å². The van der Waals surface area contributed by atoms with E-state index in [1.165, 1.54) is 36.6 Å². The number of likely N-dealkylation sites (N-methyl/N-ethyl adjacent to an activating group) is 1. The molecule has 0 aliphatic heterocycles. The van der Waals surface area contributed by atoms with Crippen molar-refractivity contribution in [1.82, 2.24) is 10.2 Å². The summed E-state index contributed by atoms with van der Waals surface area (Å²) in [5.41, 5.74) is 0.697. The van der Waals surface area contributed by atoms with E-state index in [1.807, 2.05) is 0 Å². The number of nitrogens with zero attached hydrogens (tertiary/aromatic N) is 2. The Hall–Kier alpha value is -3.16. The van der Waals surface area contributed by atoms with Crippen LogP contribution in [0.3, 0.4) is 0 Å². The van der Waals surface area contributed by atoms with Crippen LogP contribution in [-0.2, 0) is 11.3 Å². The molecule has 120 valence electrons. The normalized spacial score (nSPS) is 10.1. The zero-order valence-electron chi connectivity index (χ0n) is 12.4. The molecule has 0 saturated heterocycles. The smallest absolute Gasteiger partial charge is 0.274 e.